The summed E-state index contributed by atoms with van der Waals surface area (Å²) in [5.74, 6) is 1.18. The van der Waals surface area contributed by atoms with Crippen LogP contribution in [0.5, 0.6) is 0 Å². The number of hydrogen-bond donors (Lipinski definition) is 1. The summed E-state index contributed by atoms with van der Waals surface area (Å²) < 4.78 is 2.12. The lowest BCUT2D eigenvalue weighted by Crippen LogP contribution is -2.39. The predicted molar refractivity (Wildman–Crippen MR) is 75.9 cm³/mol. The molecular formula is C14H22N4. The summed E-state index contributed by atoms with van der Waals surface area (Å²) >= 11 is 0. The zero-order valence-electron chi connectivity index (χ0n) is 11.4. The number of imidazole rings is 1. The van der Waals surface area contributed by atoms with Crippen LogP contribution in [0.3, 0.4) is 0 Å². The van der Waals surface area contributed by atoms with Crippen molar-refractivity contribution in [2.24, 2.45) is 11.1 Å². The molecule has 0 saturated carbocycles. The second kappa shape index (κ2) is 4.98. The molecule has 0 saturated heterocycles. The van der Waals surface area contributed by atoms with Gasteiger partial charge in [-0.2, -0.15) is 0 Å². The molecule has 98 valence electrons. The Balaban J connectivity index is 2.35. The third-order valence-electron chi connectivity index (χ3n) is 3.28. The second-order valence-electron chi connectivity index (χ2n) is 5.42. The lowest BCUT2D eigenvalue weighted by Gasteiger charge is -2.32. The Morgan fingerprint density at radius 3 is 2.83 bits per heavy atom. The molecule has 2 aromatic rings. The fourth-order valence-electron chi connectivity index (χ4n) is 2.13. The number of pyridine rings is 1. The Bertz CT molecular complexity index is 515. The van der Waals surface area contributed by atoms with E-state index in [-0.39, 0.29) is 5.41 Å². The standard InChI is InChI=1S/C14H22N4/c1-4-17(11-14(2,3)10-15)13-7-5-6-12-16-8-9-18(12)13/h5-9H,4,10-11,15H2,1-3H3. The van der Waals surface area contributed by atoms with Gasteiger partial charge >= 0.3 is 0 Å². The average molecular weight is 246 g/mol. The molecule has 0 radical (unpaired) electrons. The summed E-state index contributed by atoms with van der Waals surface area (Å²) in [6.07, 6.45) is 3.84. The number of aromatic nitrogens is 2. The van der Waals surface area contributed by atoms with Crippen LogP contribution in [-0.4, -0.2) is 29.0 Å². The van der Waals surface area contributed by atoms with Crippen molar-refractivity contribution >= 4 is 11.5 Å². The van der Waals surface area contributed by atoms with E-state index in [4.69, 9.17) is 5.73 Å². The maximum Gasteiger partial charge on any atom is 0.138 e. The van der Waals surface area contributed by atoms with Crippen LogP contribution >= 0.6 is 0 Å². The van der Waals surface area contributed by atoms with Gasteiger partial charge in [-0.3, -0.25) is 4.40 Å². The van der Waals surface area contributed by atoms with Crippen LogP contribution in [0.25, 0.3) is 5.65 Å². The molecule has 0 atom stereocenters. The van der Waals surface area contributed by atoms with Gasteiger partial charge in [0.05, 0.1) is 0 Å². The quantitative estimate of drug-likeness (QED) is 0.879. The van der Waals surface area contributed by atoms with E-state index in [1.807, 2.05) is 18.5 Å². The van der Waals surface area contributed by atoms with Gasteiger partial charge in [0.1, 0.15) is 11.5 Å². The molecule has 0 bridgehead atoms. The highest BCUT2D eigenvalue weighted by Crippen LogP contribution is 2.22. The monoisotopic (exact) mass is 246 g/mol. The summed E-state index contributed by atoms with van der Waals surface area (Å²) in [5.41, 5.74) is 6.93. The Labute approximate surface area is 108 Å². The minimum absolute atomic E-state index is 0.110. The van der Waals surface area contributed by atoms with Crippen molar-refractivity contribution in [3.05, 3.63) is 30.6 Å². The maximum absolute atomic E-state index is 5.83. The van der Waals surface area contributed by atoms with Crippen molar-refractivity contribution in [3.8, 4) is 0 Å². The Morgan fingerprint density at radius 1 is 1.39 bits per heavy atom. The molecule has 4 heteroatoms. The van der Waals surface area contributed by atoms with Crippen LogP contribution < -0.4 is 10.6 Å². The average Bonchev–Trinajstić information content (AvgIpc) is 2.84. The highest BCUT2D eigenvalue weighted by Gasteiger charge is 2.20. The molecule has 0 aliphatic carbocycles. The summed E-state index contributed by atoms with van der Waals surface area (Å²) in [4.78, 5) is 6.67. The molecule has 2 rings (SSSR count). The van der Waals surface area contributed by atoms with Crippen molar-refractivity contribution in [2.45, 2.75) is 20.8 Å². The van der Waals surface area contributed by atoms with E-state index in [0.29, 0.717) is 6.54 Å². The zero-order valence-corrected chi connectivity index (χ0v) is 11.4. The van der Waals surface area contributed by atoms with E-state index in [0.717, 1.165) is 18.7 Å². The van der Waals surface area contributed by atoms with Crippen LogP contribution in [0, 0.1) is 5.41 Å². The fourth-order valence-corrected chi connectivity index (χ4v) is 2.13. The predicted octanol–water partition coefficient (Wildman–Crippen LogP) is 2.15. The topological polar surface area (TPSA) is 46.6 Å². The zero-order chi connectivity index (χ0) is 13.2. The molecule has 0 aliphatic rings. The summed E-state index contributed by atoms with van der Waals surface area (Å²) in [5, 5.41) is 0. The first-order valence-electron chi connectivity index (χ1n) is 6.44. The van der Waals surface area contributed by atoms with Crippen molar-refractivity contribution in [3.63, 3.8) is 0 Å². The van der Waals surface area contributed by atoms with E-state index in [2.05, 4.69) is 47.2 Å². The van der Waals surface area contributed by atoms with Crippen LogP contribution in [-0.2, 0) is 0 Å². The molecule has 2 N–H and O–H groups in total. The minimum Gasteiger partial charge on any atom is -0.357 e. The number of nitrogens with two attached hydrogens (primary N) is 1. The molecule has 4 nitrogen and oxygen atoms in total. The van der Waals surface area contributed by atoms with Crippen molar-refractivity contribution in [2.75, 3.05) is 24.5 Å². The van der Waals surface area contributed by atoms with Gasteiger partial charge in [0.2, 0.25) is 0 Å². The second-order valence-corrected chi connectivity index (χ2v) is 5.42. The van der Waals surface area contributed by atoms with Crippen molar-refractivity contribution < 1.29 is 0 Å². The number of fused-ring (bicyclic) bond motifs is 1. The van der Waals surface area contributed by atoms with Gasteiger partial charge in [-0.25, -0.2) is 4.98 Å². The lowest BCUT2D eigenvalue weighted by molar-refractivity contribution is 0.378. The Hall–Kier alpha value is -1.55. The number of rotatable bonds is 5. The van der Waals surface area contributed by atoms with Gasteiger partial charge in [-0.1, -0.05) is 19.9 Å². The molecule has 18 heavy (non-hydrogen) atoms. The molecule has 0 unspecified atom stereocenters. The smallest absolute Gasteiger partial charge is 0.138 e. The summed E-state index contributed by atoms with van der Waals surface area (Å²) in [7, 11) is 0. The first-order chi connectivity index (χ1) is 8.57. The van der Waals surface area contributed by atoms with E-state index in [1.54, 1.807) is 0 Å². The van der Waals surface area contributed by atoms with Crippen molar-refractivity contribution in [1.82, 2.24) is 9.38 Å². The number of anilines is 1. The SMILES string of the molecule is CCN(CC(C)(C)CN)c1cccc2nccn12. The highest BCUT2D eigenvalue weighted by atomic mass is 15.2. The van der Waals surface area contributed by atoms with Gasteiger partial charge in [0, 0.05) is 25.5 Å². The number of nitrogens with zero attached hydrogens (tertiary/aromatic N) is 3. The molecule has 2 aromatic heterocycles. The van der Waals surface area contributed by atoms with Gasteiger partial charge in [-0.15, -0.1) is 0 Å². The number of hydrogen-bond acceptors (Lipinski definition) is 3. The molecule has 0 fully saturated rings. The maximum atomic E-state index is 5.83. The third-order valence-corrected chi connectivity index (χ3v) is 3.28. The normalized spacial score (nSPS) is 12.0. The molecule has 0 aromatic carbocycles. The van der Waals surface area contributed by atoms with Crippen LogP contribution in [0.2, 0.25) is 0 Å². The van der Waals surface area contributed by atoms with Crippen molar-refractivity contribution in [1.29, 1.82) is 0 Å². The lowest BCUT2D eigenvalue weighted by atomic mass is 9.93. The molecule has 0 spiro atoms. The van der Waals surface area contributed by atoms with Crippen LogP contribution in [0.1, 0.15) is 20.8 Å². The molecule has 0 aliphatic heterocycles. The Kier molecular flexibility index (Phi) is 3.57. The van der Waals surface area contributed by atoms with Gasteiger partial charge < -0.3 is 10.6 Å². The van der Waals surface area contributed by atoms with E-state index < -0.39 is 0 Å². The largest absolute Gasteiger partial charge is 0.357 e. The van der Waals surface area contributed by atoms with Gasteiger partial charge in [0.15, 0.2) is 0 Å². The van der Waals surface area contributed by atoms with Gasteiger partial charge in [0.25, 0.3) is 0 Å². The van der Waals surface area contributed by atoms with Gasteiger partial charge in [-0.05, 0) is 31.0 Å². The highest BCUT2D eigenvalue weighted by molar-refractivity contribution is 5.51. The van der Waals surface area contributed by atoms with E-state index in [9.17, 15) is 0 Å². The Morgan fingerprint density at radius 2 is 2.17 bits per heavy atom. The first kappa shape index (κ1) is 12.9. The minimum atomic E-state index is 0.110. The third kappa shape index (κ3) is 2.48. The molecular weight excluding hydrogens is 224 g/mol. The first-order valence-corrected chi connectivity index (χ1v) is 6.44. The van der Waals surface area contributed by atoms with Crippen LogP contribution in [0.15, 0.2) is 30.6 Å². The fraction of sp³-hybridized carbons (Fsp3) is 0.500. The summed E-state index contributed by atoms with van der Waals surface area (Å²) in [6, 6.07) is 6.20. The summed E-state index contributed by atoms with van der Waals surface area (Å²) in [6.45, 7) is 9.15. The van der Waals surface area contributed by atoms with E-state index in [1.165, 1.54) is 5.82 Å². The van der Waals surface area contributed by atoms with E-state index >= 15 is 0 Å². The molecule has 2 heterocycles. The molecule has 0 amide bonds. The van der Waals surface area contributed by atoms with Crippen LogP contribution in [0.4, 0.5) is 5.82 Å².